The molecule has 3 heterocycles. The van der Waals surface area contributed by atoms with E-state index in [0.717, 1.165) is 58.6 Å². The van der Waals surface area contributed by atoms with E-state index >= 15 is 0 Å². The van der Waals surface area contributed by atoms with E-state index in [1.807, 2.05) is 36.7 Å². The molecule has 0 aliphatic rings. The summed E-state index contributed by atoms with van der Waals surface area (Å²) in [5.74, 6) is 2.03. The number of nitrogens with one attached hydrogen (secondary N) is 1. The Morgan fingerprint density at radius 1 is 0.824 bits per heavy atom. The van der Waals surface area contributed by atoms with Gasteiger partial charge in [-0.05, 0) is 31.9 Å². The Hall–Kier alpha value is -3.51. The summed E-state index contributed by atoms with van der Waals surface area (Å²) in [5.41, 5.74) is 5.60. The first-order valence-corrected chi connectivity index (χ1v) is 12.8. The Balaban J connectivity index is 1.16. The van der Waals surface area contributed by atoms with E-state index in [0.29, 0.717) is 0 Å². The van der Waals surface area contributed by atoms with Gasteiger partial charge in [0.2, 0.25) is 0 Å². The molecule has 5 aromatic rings. The molecule has 172 valence electrons. The molecule has 0 radical (unpaired) electrons. The highest BCUT2D eigenvalue weighted by Crippen LogP contribution is 2.32. The lowest BCUT2D eigenvalue weighted by Crippen LogP contribution is -2.03. The third-order valence-corrected chi connectivity index (χ3v) is 6.84. The molecule has 0 saturated heterocycles. The Morgan fingerprint density at radius 3 is 2.26 bits per heavy atom. The average molecular weight is 468 g/mol. The van der Waals surface area contributed by atoms with Gasteiger partial charge >= 0.3 is 0 Å². The van der Waals surface area contributed by atoms with Crippen molar-refractivity contribution in [2.45, 2.75) is 37.9 Å². The Bertz CT molecular complexity index is 1250. The Morgan fingerprint density at radius 2 is 1.53 bits per heavy atom. The second kappa shape index (κ2) is 10.6. The van der Waals surface area contributed by atoms with Crippen molar-refractivity contribution >= 4 is 11.8 Å². The first-order chi connectivity index (χ1) is 16.8. The number of hydrogen-bond acceptors (Lipinski definition) is 3. The van der Waals surface area contributed by atoms with Crippen LogP contribution in [-0.2, 0) is 6.54 Å². The number of H-pyrrole nitrogens is 1. The molecule has 0 atom stereocenters. The summed E-state index contributed by atoms with van der Waals surface area (Å²) in [4.78, 5) is 8.52. The highest BCUT2D eigenvalue weighted by Gasteiger charge is 2.14. The molecular weight excluding hydrogens is 438 g/mol. The maximum Gasteiger partial charge on any atom is 0.166 e. The van der Waals surface area contributed by atoms with Crippen molar-refractivity contribution in [3.05, 3.63) is 97.0 Å². The van der Waals surface area contributed by atoms with Gasteiger partial charge in [-0.2, -0.15) is 5.10 Å². The molecule has 6 heteroatoms. The van der Waals surface area contributed by atoms with Crippen LogP contribution in [-0.4, -0.2) is 30.1 Å². The molecule has 0 unspecified atom stereocenters. The molecule has 1 N–H and O–H groups in total. The first-order valence-electron chi connectivity index (χ1n) is 11.8. The van der Waals surface area contributed by atoms with E-state index in [9.17, 15) is 0 Å². The van der Waals surface area contributed by atoms with Crippen LogP contribution in [0.5, 0.6) is 0 Å². The van der Waals surface area contributed by atoms with Crippen molar-refractivity contribution in [2.75, 3.05) is 5.75 Å². The SMILES string of the molecule is Cc1cc(-n2cccc2)nn1CCCCCSc1nc(-c2ccccc2)c(-c2ccccc2)[nH]1. The molecule has 0 spiro atoms. The smallest absolute Gasteiger partial charge is 0.166 e. The number of nitrogens with zero attached hydrogens (tertiary/aromatic N) is 4. The van der Waals surface area contributed by atoms with Gasteiger partial charge in [-0.1, -0.05) is 78.8 Å². The first kappa shape index (κ1) is 22.3. The normalized spacial score (nSPS) is 11.2. The van der Waals surface area contributed by atoms with E-state index in [1.165, 1.54) is 12.1 Å². The maximum atomic E-state index is 4.95. The monoisotopic (exact) mass is 467 g/mol. The van der Waals surface area contributed by atoms with Crippen molar-refractivity contribution in [1.82, 2.24) is 24.3 Å². The molecule has 0 saturated carbocycles. The van der Waals surface area contributed by atoms with Crippen LogP contribution in [0.2, 0.25) is 0 Å². The zero-order valence-electron chi connectivity index (χ0n) is 19.4. The van der Waals surface area contributed by atoms with Gasteiger partial charge in [0.15, 0.2) is 11.0 Å². The van der Waals surface area contributed by atoms with E-state index in [4.69, 9.17) is 10.1 Å². The molecule has 0 amide bonds. The predicted molar refractivity (Wildman–Crippen MR) is 140 cm³/mol. The second-order valence-corrected chi connectivity index (χ2v) is 9.45. The van der Waals surface area contributed by atoms with Crippen LogP contribution in [0.15, 0.2) is 96.4 Å². The van der Waals surface area contributed by atoms with E-state index < -0.39 is 0 Å². The molecule has 2 aromatic carbocycles. The Kier molecular flexibility index (Phi) is 6.96. The molecule has 34 heavy (non-hydrogen) atoms. The number of rotatable bonds is 10. The lowest BCUT2D eigenvalue weighted by atomic mass is 10.1. The summed E-state index contributed by atoms with van der Waals surface area (Å²) in [6, 6.07) is 27.1. The maximum absolute atomic E-state index is 4.95. The van der Waals surface area contributed by atoms with Crippen LogP contribution in [0, 0.1) is 6.92 Å². The van der Waals surface area contributed by atoms with Crippen LogP contribution < -0.4 is 0 Å². The zero-order valence-corrected chi connectivity index (χ0v) is 20.2. The fourth-order valence-electron chi connectivity index (χ4n) is 4.08. The van der Waals surface area contributed by atoms with Crippen LogP contribution in [0.3, 0.4) is 0 Å². The largest absolute Gasteiger partial charge is 0.332 e. The summed E-state index contributed by atoms with van der Waals surface area (Å²) >= 11 is 1.80. The predicted octanol–water partition coefficient (Wildman–Crippen LogP) is 7.00. The van der Waals surface area contributed by atoms with Gasteiger partial charge in [-0.15, -0.1) is 0 Å². The Labute approximate surface area is 204 Å². The molecule has 0 bridgehead atoms. The van der Waals surface area contributed by atoms with Gasteiger partial charge in [0.25, 0.3) is 0 Å². The van der Waals surface area contributed by atoms with Gasteiger partial charge in [-0.25, -0.2) is 4.98 Å². The molecule has 5 rings (SSSR count). The van der Waals surface area contributed by atoms with Crippen molar-refractivity contribution < 1.29 is 0 Å². The number of hydrogen-bond donors (Lipinski definition) is 1. The molecule has 0 aliphatic heterocycles. The van der Waals surface area contributed by atoms with Gasteiger partial charge in [-0.3, -0.25) is 4.68 Å². The lowest BCUT2D eigenvalue weighted by molar-refractivity contribution is 0.541. The van der Waals surface area contributed by atoms with Crippen LogP contribution in [0.25, 0.3) is 28.3 Å². The number of unbranched alkanes of at least 4 members (excludes halogenated alkanes) is 2. The minimum Gasteiger partial charge on any atom is -0.332 e. The number of imidazole rings is 1. The fourth-order valence-corrected chi connectivity index (χ4v) is 4.95. The van der Waals surface area contributed by atoms with Crippen LogP contribution in [0.1, 0.15) is 25.0 Å². The minimum atomic E-state index is 0.953. The summed E-state index contributed by atoms with van der Waals surface area (Å²) < 4.78 is 4.17. The summed E-state index contributed by atoms with van der Waals surface area (Å²) in [7, 11) is 0. The number of aromatic amines is 1. The number of aryl methyl sites for hydroxylation is 2. The van der Waals surface area contributed by atoms with Crippen LogP contribution >= 0.6 is 11.8 Å². The third kappa shape index (κ3) is 5.18. The van der Waals surface area contributed by atoms with E-state index in [-0.39, 0.29) is 0 Å². The molecule has 5 nitrogen and oxygen atoms in total. The quantitative estimate of drug-likeness (QED) is 0.178. The molecule has 3 aromatic heterocycles. The van der Waals surface area contributed by atoms with Gasteiger partial charge < -0.3 is 9.55 Å². The third-order valence-electron chi connectivity index (χ3n) is 5.88. The standard InChI is InChI=1S/C28H29N5S/c1-22-21-25(32-17-10-11-18-32)31-33(22)19-9-4-12-20-34-28-29-26(23-13-5-2-6-14-23)27(30-28)24-15-7-3-8-16-24/h2-3,5-8,10-11,13-18,21H,4,9,12,19-20H2,1H3,(H,29,30). The number of benzene rings is 2. The summed E-state index contributed by atoms with van der Waals surface area (Å²) in [6.07, 6.45) is 7.51. The van der Waals surface area contributed by atoms with Crippen molar-refractivity contribution in [2.24, 2.45) is 0 Å². The minimum absolute atomic E-state index is 0.953. The van der Waals surface area contributed by atoms with E-state index in [2.05, 4.69) is 75.8 Å². The van der Waals surface area contributed by atoms with Gasteiger partial charge in [0, 0.05) is 47.6 Å². The zero-order chi connectivity index (χ0) is 23.2. The van der Waals surface area contributed by atoms with Crippen molar-refractivity contribution in [1.29, 1.82) is 0 Å². The van der Waals surface area contributed by atoms with Gasteiger partial charge in [0.05, 0.1) is 11.4 Å². The number of aromatic nitrogens is 5. The van der Waals surface area contributed by atoms with E-state index in [1.54, 1.807) is 11.8 Å². The fraction of sp³-hybridized carbons (Fsp3) is 0.214. The highest BCUT2D eigenvalue weighted by atomic mass is 32.2. The number of thioether (sulfide) groups is 1. The molecule has 0 aliphatic carbocycles. The van der Waals surface area contributed by atoms with Gasteiger partial charge in [0.1, 0.15) is 0 Å². The lowest BCUT2D eigenvalue weighted by Gasteiger charge is -2.04. The second-order valence-electron chi connectivity index (χ2n) is 8.36. The molecular formula is C28H29N5S. The summed E-state index contributed by atoms with van der Waals surface area (Å²) in [6.45, 7) is 3.08. The van der Waals surface area contributed by atoms with Crippen molar-refractivity contribution in [3.8, 4) is 28.3 Å². The average Bonchev–Trinajstić information content (AvgIpc) is 3.63. The highest BCUT2D eigenvalue weighted by molar-refractivity contribution is 7.99. The van der Waals surface area contributed by atoms with Crippen LogP contribution in [0.4, 0.5) is 0 Å². The summed E-state index contributed by atoms with van der Waals surface area (Å²) in [5, 5.41) is 5.73. The van der Waals surface area contributed by atoms with Crippen molar-refractivity contribution in [3.63, 3.8) is 0 Å². The molecule has 0 fully saturated rings. The topological polar surface area (TPSA) is 51.4 Å².